The van der Waals surface area contributed by atoms with E-state index in [4.69, 9.17) is 23.2 Å². The number of benzene rings is 3. The standard InChI is InChI=1S/C27H29Cl2FN4O/c1-32(2)22-8-3-19(4-9-22)26(18-31-27(35)24-12-5-20(28)17-25(24)29)34-15-13-33(14-16-34)23-10-6-21(30)7-11-23/h3-12,17,26H,13-16,18H2,1-2H3,(H,31,35). The number of anilines is 2. The largest absolute Gasteiger partial charge is 0.378 e. The van der Waals surface area contributed by atoms with Crippen LogP contribution in [-0.2, 0) is 0 Å². The molecule has 1 unspecified atom stereocenters. The van der Waals surface area contributed by atoms with Gasteiger partial charge in [-0.2, -0.15) is 0 Å². The zero-order valence-electron chi connectivity index (χ0n) is 19.8. The molecule has 0 saturated carbocycles. The molecule has 1 fully saturated rings. The van der Waals surface area contributed by atoms with Gasteiger partial charge in [0, 0.05) is 63.2 Å². The number of nitrogens with one attached hydrogen (secondary N) is 1. The topological polar surface area (TPSA) is 38.8 Å². The Morgan fingerprint density at radius 1 is 0.971 bits per heavy atom. The molecule has 5 nitrogen and oxygen atoms in total. The van der Waals surface area contributed by atoms with Crippen LogP contribution < -0.4 is 15.1 Å². The van der Waals surface area contributed by atoms with Gasteiger partial charge in [-0.05, 0) is 60.2 Å². The van der Waals surface area contributed by atoms with E-state index in [-0.39, 0.29) is 17.8 Å². The summed E-state index contributed by atoms with van der Waals surface area (Å²) in [4.78, 5) is 19.6. The van der Waals surface area contributed by atoms with Crippen LogP contribution in [-0.4, -0.2) is 57.6 Å². The van der Waals surface area contributed by atoms with Crippen LogP contribution in [0.1, 0.15) is 22.0 Å². The van der Waals surface area contributed by atoms with Gasteiger partial charge in [-0.25, -0.2) is 4.39 Å². The first kappa shape index (κ1) is 25.3. The number of halogens is 3. The first-order valence-electron chi connectivity index (χ1n) is 11.6. The number of carbonyl (C=O) groups excluding carboxylic acids is 1. The number of carbonyl (C=O) groups is 1. The first-order valence-corrected chi connectivity index (χ1v) is 12.3. The average Bonchev–Trinajstić information content (AvgIpc) is 2.85. The van der Waals surface area contributed by atoms with Crippen molar-refractivity contribution in [3.8, 4) is 0 Å². The lowest BCUT2D eigenvalue weighted by Crippen LogP contribution is -2.50. The van der Waals surface area contributed by atoms with E-state index in [2.05, 4.69) is 44.3 Å². The molecule has 1 aliphatic rings. The van der Waals surface area contributed by atoms with E-state index in [9.17, 15) is 9.18 Å². The fourth-order valence-corrected chi connectivity index (χ4v) is 4.85. The van der Waals surface area contributed by atoms with Gasteiger partial charge in [0.1, 0.15) is 5.82 Å². The molecule has 0 bridgehead atoms. The molecule has 1 N–H and O–H groups in total. The minimum absolute atomic E-state index is 0.00314. The Labute approximate surface area is 216 Å². The van der Waals surface area contributed by atoms with Crippen LogP contribution in [0.15, 0.2) is 66.7 Å². The van der Waals surface area contributed by atoms with Gasteiger partial charge in [-0.1, -0.05) is 35.3 Å². The highest BCUT2D eigenvalue weighted by Crippen LogP contribution is 2.27. The van der Waals surface area contributed by atoms with Crippen molar-refractivity contribution in [3.05, 3.63) is 93.7 Å². The van der Waals surface area contributed by atoms with Gasteiger partial charge in [0.25, 0.3) is 5.91 Å². The third-order valence-electron chi connectivity index (χ3n) is 6.37. The number of hydrogen-bond donors (Lipinski definition) is 1. The summed E-state index contributed by atoms with van der Waals surface area (Å²) in [6, 6.07) is 19.9. The molecule has 0 aliphatic carbocycles. The molecule has 1 saturated heterocycles. The molecule has 35 heavy (non-hydrogen) atoms. The molecular formula is C27H29Cl2FN4O. The monoisotopic (exact) mass is 514 g/mol. The molecule has 3 aromatic rings. The smallest absolute Gasteiger partial charge is 0.252 e. The SMILES string of the molecule is CN(C)c1ccc(C(CNC(=O)c2ccc(Cl)cc2Cl)N2CCN(c3ccc(F)cc3)CC2)cc1. The highest BCUT2D eigenvalue weighted by Gasteiger charge is 2.26. The van der Waals surface area contributed by atoms with Crippen LogP contribution in [0.2, 0.25) is 10.0 Å². The highest BCUT2D eigenvalue weighted by molar-refractivity contribution is 6.36. The molecule has 1 aliphatic heterocycles. The summed E-state index contributed by atoms with van der Waals surface area (Å²) in [6.45, 7) is 3.70. The second kappa shape index (κ2) is 11.3. The molecular weight excluding hydrogens is 486 g/mol. The summed E-state index contributed by atoms with van der Waals surface area (Å²) < 4.78 is 13.3. The Morgan fingerprint density at radius 2 is 1.63 bits per heavy atom. The molecule has 184 valence electrons. The van der Waals surface area contributed by atoms with Crippen molar-refractivity contribution in [3.63, 3.8) is 0 Å². The van der Waals surface area contributed by atoms with Crippen molar-refractivity contribution >= 4 is 40.5 Å². The van der Waals surface area contributed by atoms with Crippen molar-refractivity contribution in [2.75, 3.05) is 56.6 Å². The predicted octanol–water partition coefficient (Wildman–Crippen LogP) is 5.49. The van der Waals surface area contributed by atoms with Crippen LogP contribution in [0.3, 0.4) is 0 Å². The lowest BCUT2D eigenvalue weighted by molar-refractivity contribution is 0.0930. The van der Waals surface area contributed by atoms with E-state index in [1.54, 1.807) is 18.2 Å². The van der Waals surface area contributed by atoms with Gasteiger partial charge in [-0.15, -0.1) is 0 Å². The van der Waals surface area contributed by atoms with E-state index in [0.29, 0.717) is 22.2 Å². The molecule has 1 heterocycles. The Balaban J connectivity index is 1.49. The summed E-state index contributed by atoms with van der Waals surface area (Å²) in [5, 5.41) is 3.89. The molecule has 4 rings (SSSR count). The number of piperazine rings is 1. The normalized spacial score (nSPS) is 15.1. The third kappa shape index (κ3) is 6.26. The van der Waals surface area contributed by atoms with Gasteiger partial charge >= 0.3 is 0 Å². The molecule has 0 aromatic heterocycles. The quantitative estimate of drug-likeness (QED) is 0.452. The highest BCUT2D eigenvalue weighted by atomic mass is 35.5. The molecule has 0 spiro atoms. The Bertz CT molecular complexity index is 1150. The van der Waals surface area contributed by atoms with Crippen molar-refractivity contribution in [1.29, 1.82) is 0 Å². The van der Waals surface area contributed by atoms with Gasteiger partial charge in [0.2, 0.25) is 0 Å². The Kier molecular flexibility index (Phi) is 8.16. The summed E-state index contributed by atoms with van der Waals surface area (Å²) in [6.07, 6.45) is 0. The zero-order valence-corrected chi connectivity index (χ0v) is 21.4. The fraction of sp³-hybridized carbons (Fsp3) is 0.296. The number of amides is 1. The molecule has 1 amide bonds. The second-order valence-electron chi connectivity index (χ2n) is 8.84. The summed E-state index contributed by atoms with van der Waals surface area (Å²) in [7, 11) is 4.02. The summed E-state index contributed by atoms with van der Waals surface area (Å²) in [5.74, 6) is -0.461. The maximum Gasteiger partial charge on any atom is 0.252 e. The Morgan fingerprint density at radius 3 is 2.23 bits per heavy atom. The Hall–Kier alpha value is -2.80. The lowest BCUT2D eigenvalue weighted by Gasteiger charge is -2.40. The summed E-state index contributed by atoms with van der Waals surface area (Å²) in [5.41, 5.74) is 3.67. The molecule has 3 aromatic carbocycles. The third-order valence-corrected chi connectivity index (χ3v) is 6.92. The minimum Gasteiger partial charge on any atom is -0.378 e. The van der Waals surface area contributed by atoms with Crippen molar-refractivity contribution in [2.24, 2.45) is 0 Å². The van der Waals surface area contributed by atoms with Crippen LogP contribution in [0.25, 0.3) is 0 Å². The average molecular weight is 515 g/mol. The van der Waals surface area contributed by atoms with Gasteiger partial charge < -0.3 is 15.1 Å². The van der Waals surface area contributed by atoms with Crippen molar-refractivity contribution < 1.29 is 9.18 Å². The van der Waals surface area contributed by atoms with Crippen molar-refractivity contribution in [1.82, 2.24) is 10.2 Å². The van der Waals surface area contributed by atoms with E-state index in [1.165, 1.54) is 12.1 Å². The molecule has 0 radical (unpaired) electrons. The van der Waals surface area contributed by atoms with Crippen molar-refractivity contribution in [2.45, 2.75) is 6.04 Å². The second-order valence-corrected chi connectivity index (χ2v) is 9.68. The van der Waals surface area contributed by atoms with Crippen LogP contribution >= 0.6 is 23.2 Å². The molecule has 1 atom stereocenters. The predicted molar refractivity (Wildman–Crippen MR) is 142 cm³/mol. The molecule has 8 heteroatoms. The number of rotatable bonds is 7. The van der Waals surface area contributed by atoms with Gasteiger partial charge in [0.05, 0.1) is 16.6 Å². The van der Waals surface area contributed by atoms with Crippen LogP contribution in [0.4, 0.5) is 15.8 Å². The maximum absolute atomic E-state index is 13.3. The maximum atomic E-state index is 13.3. The lowest BCUT2D eigenvalue weighted by atomic mass is 10.0. The van der Waals surface area contributed by atoms with E-state index >= 15 is 0 Å². The summed E-state index contributed by atoms with van der Waals surface area (Å²) >= 11 is 12.2. The van der Waals surface area contributed by atoms with Gasteiger partial charge in [0.15, 0.2) is 0 Å². The van der Waals surface area contributed by atoms with E-state index < -0.39 is 0 Å². The first-order chi connectivity index (χ1) is 16.8. The van der Waals surface area contributed by atoms with Crippen LogP contribution in [0, 0.1) is 5.82 Å². The van der Waals surface area contributed by atoms with Gasteiger partial charge in [-0.3, -0.25) is 9.69 Å². The number of hydrogen-bond acceptors (Lipinski definition) is 4. The van der Waals surface area contributed by atoms with E-state index in [1.807, 2.05) is 26.2 Å². The number of nitrogens with zero attached hydrogens (tertiary/aromatic N) is 3. The fourth-order valence-electron chi connectivity index (χ4n) is 4.35. The minimum atomic E-state index is -0.231. The zero-order chi connectivity index (χ0) is 24.9. The van der Waals surface area contributed by atoms with Crippen LogP contribution in [0.5, 0.6) is 0 Å². The van der Waals surface area contributed by atoms with E-state index in [0.717, 1.165) is 43.1 Å².